The summed E-state index contributed by atoms with van der Waals surface area (Å²) in [6, 6.07) is 7.19. The second kappa shape index (κ2) is 10.7. The Hall–Kier alpha value is -3.43. The first kappa shape index (κ1) is 33.1. The maximum atomic E-state index is 13.2. The van der Waals surface area contributed by atoms with E-state index < -0.39 is 64.3 Å². The monoisotopic (exact) mass is 795 g/mol. The minimum Gasteiger partial charge on any atom is -0.342 e. The van der Waals surface area contributed by atoms with Crippen LogP contribution in [0.3, 0.4) is 0 Å². The maximum Gasteiger partial charge on any atom is 2.00 e. The van der Waals surface area contributed by atoms with Gasteiger partial charge in [-0.3, -0.25) is 20.2 Å². The summed E-state index contributed by atoms with van der Waals surface area (Å²) in [5, 5.41) is 5.91. The normalized spacial score (nSPS) is 13.3. The molecule has 42 heavy (non-hydrogen) atoms. The van der Waals surface area contributed by atoms with Crippen LogP contribution in [0, 0.1) is 12.4 Å². The second-order valence-electron chi connectivity index (χ2n) is 8.87. The molecule has 4 aromatic heterocycles. The molecule has 4 heterocycles. The molecule has 228 valence electrons. The molecule has 0 aromatic carbocycles. The largest absolute Gasteiger partial charge is 2.00 e. The molecule has 0 fully saturated rings. The summed E-state index contributed by atoms with van der Waals surface area (Å²) in [4.78, 5) is 8.12. The number of aromatic nitrogens is 6. The van der Waals surface area contributed by atoms with Gasteiger partial charge in [0.05, 0.1) is 23.0 Å². The van der Waals surface area contributed by atoms with Gasteiger partial charge >= 0.3 is 45.8 Å². The zero-order valence-electron chi connectivity index (χ0n) is 20.5. The molecule has 19 heteroatoms. The van der Waals surface area contributed by atoms with Crippen molar-refractivity contribution >= 4 is 0 Å². The van der Waals surface area contributed by atoms with E-state index in [4.69, 9.17) is 0 Å². The summed E-state index contributed by atoms with van der Waals surface area (Å²) in [5.74, 6) is -1.00. The standard InChI is InChI=1S/C23H12F12N6.Pt/c1-19(2,13-5-3-7-15(36-13)40-9-11(20(24,25)26)17(38-40)22(30,31)32)14-6-4-8-16(37-14)41-10-12(21(27,28)29)18(39-41)23(33,34)35;/h3-8H,1-2H3;/q-2;+2. The van der Waals surface area contributed by atoms with Crippen LogP contribution in [0.2, 0.25) is 0 Å². The van der Waals surface area contributed by atoms with Gasteiger partial charge in [0.15, 0.2) is 0 Å². The second-order valence-corrected chi connectivity index (χ2v) is 8.87. The summed E-state index contributed by atoms with van der Waals surface area (Å²) in [5.41, 5.74) is -10.2. The van der Waals surface area contributed by atoms with Gasteiger partial charge in [0.1, 0.15) is 0 Å². The summed E-state index contributed by atoms with van der Waals surface area (Å²) in [6.07, 6.45) is -18.8. The molecule has 0 amide bonds. The van der Waals surface area contributed by atoms with Gasteiger partial charge in [-0.1, -0.05) is 36.7 Å². The Labute approximate surface area is 241 Å². The minimum atomic E-state index is -5.46. The first-order chi connectivity index (χ1) is 18.6. The molecular weight excluding hydrogens is 783 g/mol. The predicted octanol–water partition coefficient (Wildman–Crippen LogP) is 6.85. The first-order valence-electron chi connectivity index (χ1n) is 10.9. The van der Waals surface area contributed by atoms with Gasteiger partial charge in [-0.2, -0.15) is 52.7 Å². The van der Waals surface area contributed by atoms with Gasteiger partial charge in [-0.25, -0.2) is 0 Å². The number of rotatable bonds is 4. The van der Waals surface area contributed by atoms with Crippen LogP contribution in [0.1, 0.15) is 47.8 Å². The molecule has 0 spiro atoms. The van der Waals surface area contributed by atoms with Crippen molar-refractivity contribution in [1.82, 2.24) is 29.5 Å². The average molecular weight is 795 g/mol. The van der Waals surface area contributed by atoms with Crippen LogP contribution >= 0.6 is 0 Å². The molecule has 0 saturated heterocycles. The molecule has 0 N–H and O–H groups in total. The Bertz CT molecular complexity index is 1400. The van der Waals surface area contributed by atoms with Crippen LogP contribution in [0.25, 0.3) is 11.6 Å². The molecule has 0 atom stereocenters. The molecule has 0 aliphatic heterocycles. The molecule has 4 rings (SSSR count). The van der Waals surface area contributed by atoms with E-state index in [9.17, 15) is 52.7 Å². The zero-order valence-corrected chi connectivity index (χ0v) is 22.8. The van der Waals surface area contributed by atoms with Crippen molar-refractivity contribution in [3.63, 3.8) is 0 Å². The molecule has 0 radical (unpaired) electrons. The third kappa shape index (κ3) is 6.47. The summed E-state index contributed by atoms with van der Waals surface area (Å²) >= 11 is 0. The predicted molar refractivity (Wildman–Crippen MR) is 113 cm³/mol. The van der Waals surface area contributed by atoms with E-state index in [2.05, 4.69) is 20.2 Å². The van der Waals surface area contributed by atoms with Crippen molar-refractivity contribution < 1.29 is 73.8 Å². The number of nitrogens with zero attached hydrogens (tertiary/aromatic N) is 6. The van der Waals surface area contributed by atoms with Crippen LogP contribution in [0.5, 0.6) is 0 Å². The van der Waals surface area contributed by atoms with Crippen molar-refractivity contribution in [3.05, 3.63) is 82.7 Å². The average Bonchev–Trinajstić information content (AvgIpc) is 3.50. The summed E-state index contributed by atoms with van der Waals surface area (Å²) in [7, 11) is 0. The number of alkyl halides is 12. The minimum absolute atomic E-state index is 0. The molecule has 0 saturated carbocycles. The molecule has 0 aliphatic rings. The quantitative estimate of drug-likeness (QED) is 0.168. The molecule has 0 unspecified atom stereocenters. The summed E-state index contributed by atoms with van der Waals surface area (Å²) < 4.78 is 158. The van der Waals surface area contributed by atoms with Crippen LogP contribution < -0.4 is 0 Å². The summed E-state index contributed by atoms with van der Waals surface area (Å²) in [6.45, 7) is 2.88. The molecule has 0 bridgehead atoms. The number of halogens is 12. The third-order valence-electron chi connectivity index (χ3n) is 5.60. The maximum absolute atomic E-state index is 13.2. The molecular formula is C23H12F12N6Pt. The molecule has 0 aliphatic carbocycles. The van der Waals surface area contributed by atoms with E-state index in [1.807, 2.05) is 0 Å². The van der Waals surface area contributed by atoms with E-state index >= 15 is 0 Å². The fourth-order valence-electron chi connectivity index (χ4n) is 3.59. The van der Waals surface area contributed by atoms with Crippen LogP contribution in [0.4, 0.5) is 52.7 Å². The van der Waals surface area contributed by atoms with E-state index in [0.717, 1.165) is 12.1 Å². The van der Waals surface area contributed by atoms with Gasteiger partial charge < -0.3 is 9.36 Å². The van der Waals surface area contributed by atoms with E-state index in [0.29, 0.717) is 0 Å². The van der Waals surface area contributed by atoms with Crippen molar-refractivity contribution in [3.8, 4) is 11.6 Å². The van der Waals surface area contributed by atoms with Gasteiger partial charge in [0.25, 0.3) is 0 Å². The van der Waals surface area contributed by atoms with E-state index in [1.165, 1.54) is 50.5 Å². The van der Waals surface area contributed by atoms with Crippen LogP contribution in [0.15, 0.2) is 36.4 Å². The number of hydrogen-bond acceptors (Lipinski definition) is 4. The Morgan fingerprint density at radius 1 is 0.548 bits per heavy atom. The topological polar surface area (TPSA) is 61.4 Å². The SMILES string of the molecule is CC(C)(c1cccc(-n2[c-]c(C(F)(F)F)c(C(F)(F)F)n2)n1)c1cccc(-n2[c-]c(C(F)(F)F)c(C(F)(F)F)n2)n1.[Pt+2]. The number of pyridine rings is 2. The van der Waals surface area contributed by atoms with Crippen LogP contribution in [-0.2, 0) is 51.2 Å². The third-order valence-corrected chi connectivity index (χ3v) is 5.60. The molecule has 4 aromatic rings. The first-order valence-corrected chi connectivity index (χ1v) is 10.9. The van der Waals surface area contributed by atoms with E-state index in [1.54, 1.807) is 0 Å². The van der Waals surface area contributed by atoms with Gasteiger partial charge in [-0.05, 0) is 37.1 Å². The van der Waals surface area contributed by atoms with E-state index in [-0.39, 0.29) is 41.8 Å². The zero-order chi connectivity index (χ0) is 30.8. The van der Waals surface area contributed by atoms with Crippen molar-refractivity contribution in [2.45, 2.75) is 44.0 Å². The fraction of sp³-hybridized carbons (Fsp3) is 0.304. The van der Waals surface area contributed by atoms with Gasteiger partial charge in [0, 0.05) is 16.8 Å². The van der Waals surface area contributed by atoms with Gasteiger partial charge in [-0.15, -0.1) is 0 Å². The fourth-order valence-corrected chi connectivity index (χ4v) is 3.59. The Kier molecular flexibility index (Phi) is 8.41. The van der Waals surface area contributed by atoms with Gasteiger partial charge in [0.2, 0.25) is 0 Å². The number of hydrogen-bond donors (Lipinski definition) is 0. The Morgan fingerprint density at radius 2 is 0.881 bits per heavy atom. The van der Waals surface area contributed by atoms with Crippen molar-refractivity contribution in [1.29, 1.82) is 0 Å². The smallest absolute Gasteiger partial charge is 0.342 e. The van der Waals surface area contributed by atoms with Crippen molar-refractivity contribution in [2.24, 2.45) is 0 Å². The molecule has 6 nitrogen and oxygen atoms in total. The van der Waals surface area contributed by atoms with Crippen LogP contribution in [-0.4, -0.2) is 29.5 Å². The Balaban J connectivity index is 0.00000484. The van der Waals surface area contributed by atoms with Crippen molar-refractivity contribution in [2.75, 3.05) is 0 Å². The Morgan fingerprint density at radius 3 is 1.14 bits per heavy atom.